The number of aliphatic hydroxyl groups is 1. The monoisotopic (exact) mass is 972 g/mol. The van der Waals surface area contributed by atoms with Crippen LogP contribution < -0.4 is 0 Å². The third kappa shape index (κ3) is 16.9. The molecule has 0 amide bonds. The van der Waals surface area contributed by atoms with Crippen LogP contribution in [0.5, 0.6) is 0 Å². The Morgan fingerprint density at radius 3 is 1.88 bits per heavy atom. The highest BCUT2D eigenvalue weighted by atomic mass is 16.7. The second-order valence-corrected chi connectivity index (χ2v) is 18.3. The molecule has 0 aromatic heterocycles. The summed E-state index contributed by atoms with van der Waals surface area (Å²) in [6.07, 6.45) is -6.34. The maximum absolute atomic E-state index is 14.1. The number of aliphatic hydroxyl groups excluding tert-OH is 1. The number of carbonyl (C=O) groups is 5. The average Bonchev–Trinajstić information content (AvgIpc) is 3.25. The van der Waals surface area contributed by atoms with Gasteiger partial charge in [-0.15, -0.1) is 0 Å². The van der Waals surface area contributed by atoms with Crippen LogP contribution in [0.4, 0.5) is 0 Å². The smallest absolute Gasteiger partial charge is 0.308 e. The summed E-state index contributed by atoms with van der Waals surface area (Å²) in [5.74, 6) is -5.16. The first kappa shape index (κ1) is 58.9. The maximum Gasteiger partial charge on any atom is 0.308 e. The first-order chi connectivity index (χ1) is 32.1. The third-order valence-electron chi connectivity index (χ3n) is 12.7. The largest absolute Gasteiger partial charge is 0.462 e. The highest BCUT2D eigenvalue weighted by Crippen LogP contribution is 2.37. The van der Waals surface area contributed by atoms with Crippen LogP contribution in [-0.4, -0.2) is 174 Å². The van der Waals surface area contributed by atoms with Gasteiger partial charge in [-0.1, -0.05) is 38.5 Å². The molecular weight excluding hydrogens is 891 g/mol. The van der Waals surface area contributed by atoms with Gasteiger partial charge in [0.15, 0.2) is 36.9 Å². The number of likely N-dealkylation sites (N-methyl/N-ethyl adjacent to an activating group) is 1. The summed E-state index contributed by atoms with van der Waals surface area (Å²) >= 11 is 0. The molecule has 0 aliphatic carbocycles. The average molecular weight is 972 g/mol. The van der Waals surface area contributed by atoms with Gasteiger partial charge >= 0.3 is 23.9 Å². The van der Waals surface area contributed by atoms with Crippen molar-refractivity contribution in [2.24, 2.45) is 23.7 Å². The summed E-state index contributed by atoms with van der Waals surface area (Å²) in [4.78, 5) is 66.9. The van der Waals surface area contributed by atoms with E-state index in [1.165, 1.54) is 41.1 Å². The molecule has 3 aliphatic heterocycles. The second-order valence-electron chi connectivity index (χ2n) is 18.3. The number of carbonyl (C=O) groups excluding carboxylic acids is 5. The van der Waals surface area contributed by atoms with Crippen molar-refractivity contribution in [1.29, 1.82) is 0 Å². The molecule has 3 rings (SSSR count). The quantitative estimate of drug-likeness (QED) is 0.114. The molecule has 0 aromatic carbocycles. The fraction of sp³-hybridized carbons (Fsp3) is 0.816. The summed E-state index contributed by atoms with van der Waals surface area (Å²) in [5, 5.41) is 12.1. The van der Waals surface area contributed by atoms with Gasteiger partial charge in [-0.3, -0.25) is 28.9 Å². The molecule has 0 spiro atoms. The lowest BCUT2D eigenvalue weighted by Crippen LogP contribution is -2.65. The van der Waals surface area contributed by atoms with Gasteiger partial charge in [-0.2, -0.15) is 0 Å². The molecule has 0 bridgehead atoms. The number of allylic oxidation sites excluding steroid dienone is 3. The number of hydrogen-bond donors (Lipinski definition) is 1. The SMILES string of the molecule is CCOC(C[C@H]1C[C@@H](C)C(=O)/C=C/C(C)=C/[C@H](CO[C@@H]2O[C@H](C)[C@@H](OC(C)=O)[C@@H](OC)[C@H]2OC)[C@@H](CC)OC(=O)C[C@@H](O)[C@H](C)[C@H]1O[C@@H]1O[C@H](C)[C@@H](OC(C)=O)[C@H](N(C)C)[C@H]1OC(C)=O)OCC. The Labute approximate surface area is 403 Å². The number of esters is 4. The lowest BCUT2D eigenvalue weighted by atomic mass is 9.79. The van der Waals surface area contributed by atoms with Crippen molar-refractivity contribution in [2.45, 2.75) is 188 Å². The summed E-state index contributed by atoms with van der Waals surface area (Å²) in [6, 6.07) is -0.728. The maximum atomic E-state index is 14.1. The van der Waals surface area contributed by atoms with Crippen LogP contribution in [0.15, 0.2) is 23.8 Å². The van der Waals surface area contributed by atoms with Crippen LogP contribution >= 0.6 is 0 Å². The number of methoxy groups -OCH3 is 2. The minimum absolute atomic E-state index is 0.0276. The number of hydrogen-bond acceptors (Lipinski definition) is 19. The number of rotatable bonds is 18. The van der Waals surface area contributed by atoms with E-state index < -0.39 is 140 Å². The van der Waals surface area contributed by atoms with Crippen LogP contribution in [0.3, 0.4) is 0 Å². The van der Waals surface area contributed by atoms with Gasteiger partial charge in [0.1, 0.15) is 24.4 Å². The molecule has 2 fully saturated rings. The normalized spacial score (nSPS) is 36.9. The van der Waals surface area contributed by atoms with Crippen molar-refractivity contribution in [3.63, 3.8) is 0 Å². The first-order valence-corrected chi connectivity index (χ1v) is 23.9. The molecule has 3 heterocycles. The summed E-state index contributed by atoms with van der Waals surface area (Å²) in [5.41, 5.74) is 0.688. The number of ketones is 1. The molecule has 19 heteroatoms. The van der Waals surface area contributed by atoms with Crippen LogP contribution in [0.25, 0.3) is 0 Å². The van der Waals surface area contributed by atoms with E-state index in [1.807, 2.05) is 33.8 Å². The first-order valence-electron chi connectivity index (χ1n) is 23.9. The van der Waals surface area contributed by atoms with Crippen LogP contribution in [0, 0.1) is 23.7 Å². The number of ether oxygens (including phenoxy) is 12. The standard InChI is InChI=1S/C49H81NO18/c1-16-38-35(25-61-48-47(58-15)46(57-14)44(30(8)62-48)65-32(10)52)21-26(4)19-20-36(54)27(5)22-34(23-40(59-17-2)60-18-3)42(28(6)37(55)24-39(56)67-38)68-49-45(66-33(11)53)41(50(12)13)43(29(7)63-49)64-31(9)51/h19-21,27-30,34-35,37-38,40-49,55H,16-18,22-25H2,1-15H3/b20-19+,26-21+/t27-,28+,29-,30-,34-,35-,37-,38-,41+,42-,43-,44-,45-,46-,47-,48-,49+/m1/s1. The van der Waals surface area contributed by atoms with Crippen molar-refractivity contribution in [3.8, 4) is 0 Å². The zero-order chi connectivity index (χ0) is 51.0. The van der Waals surface area contributed by atoms with Crippen LogP contribution in [0.2, 0.25) is 0 Å². The van der Waals surface area contributed by atoms with Crippen molar-refractivity contribution in [1.82, 2.24) is 4.90 Å². The molecule has 3 aliphatic rings. The molecule has 390 valence electrons. The van der Waals surface area contributed by atoms with Crippen molar-refractivity contribution >= 4 is 29.7 Å². The molecule has 0 aromatic rings. The topological polar surface area (TPSA) is 220 Å². The Hall–Kier alpha value is -3.37. The molecule has 0 unspecified atom stereocenters. The van der Waals surface area contributed by atoms with Crippen LogP contribution in [-0.2, 0) is 80.8 Å². The Morgan fingerprint density at radius 1 is 0.779 bits per heavy atom. The molecule has 17 atom stereocenters. The minimum Gasteiger partial charge on any atom is -0.462 e. The summed E-state index contributed by atoms with van der Waals surface area (Å²) in [6.45, 7) is 18.8. The van der Waals surface area contributed by atoms with E-state index in [4.69, 9.17) is 56.8 Å². The summed E-state index contributed by atoms with van der Waals surface area (Å²) < 4.78 is 72.8. The van der Waals surface area contributed by atoms with Gasteiger partial charge in [0.2, 0.25) is 0 Å². The molecule has 68 heavy (non-hydrogen) atoms. The van der Waals surface area contributed by atoms with Crippen molar-refractivity contribution in [2.75, 3.05) is 48.1 Å². The van der Waals surface area contributed by atoms with Gasteiger partial charge < -0.3 is 61.9 Å². The highest BCUT2D eigenvalue weighted by molar-refractivity contribution is 5.91. The molecule has 19 nitrogen and oxygen atoms in total. The van der Waals surface area contributed by atoms with Gasteiger partial charge in [-0.25, -0.2) is 0 Å². The van der Waals surface area contributed by atoms with Crippen molar-refractivity contribution < 1.29 is 85.9 Å². The zero-order valence-electron chi connectivity index (χ0n) is 42.9. The lowest BCUT2D eigenvalue weighted by molar-refractivity contribution is -0.309. The predicted octanol–water partition coefficient (Wildman–Crippen LogP) is 4.48. The fourth-order valence-electron chi connectivity index (χ4n) is 9.40. The lowest BCUT2D eigenvalue weighted by Gasteiger charge is -2.48. The molecule has 2 saturated heterocycles. The van der Waals surface area contributed by atoms with Gasteiger partial charge in [0.25, 0.3) is 0 Å². The Bertz CT molecular complexity index is 1670. The van der Waals surface area contributed by atoms with E-state index in [-0.39, 0.29) is 25.2 Å². The third-order valence-corrected chi connectivity index (χ3v) is 12.7. The summed E-state index contributed by atoms with van der Waals surface area (Å²) in [7, 11) is 6.46. The van der Waals surface area contributed by atoms with Gasteiger partial charge in [-0.05, 0) is 73.5 Å². The Balaban J connectivity index is 2.12. The minimum atomic E-state index is -1.36. The van der Waals surface area contributed by atoms with Gasteiger partial charge in [0.05, 0.1) is 43.5 Å². The Morgan fingerprint density at radius 2 is 1.34 bits per heavy atom. The van der Waals surface area contributed by atoms with E-state index in [1.54, 1.807) is 52.8 Å². The fourth-order valence-corrected chi connectivity index (χ4v) is 9.40. The highest BCUT2D eigenvalue weighted by Gasteiger charge is 2.52. The van der Waals surface area contributed by atoms with E-state index in [0.717, 1.165) is 0 Å². The van der Waals surface area contributed by atoms with Crippen LogP contribution in [0.1, 0.15) is 102 Å². The van der Waals surface area contributed by atoms with E-state index >= 15 is 0 Å². The second kappa shape index (κ2) is 28.5. The van der Waals surface area contributed by atoms with E-state index in [9.17, 15) is 29.1 Å². The van der Waals surface area contributed by atoms with Crippen molar-refractivity contribution in [3.05, 3.63) is 23.8 Å². The molecule has 0 saturated carbocycles. The predicted molar refractivity (Wildman–Crippen MR) is 246 cm³/mol. The molecular formula is C49H81NO18. The molecule has 0 radical (unpaired) electrons. The molecule has 1 N–H and O–H groups in total. The number of nitrogens with zero attached hydrogens (tertiary/aromatic N) is 1. The van der Waals surface area contributed by atoms with E-state index in [2.05, 4.69) is 0 Å². The Kier molecular flexibility index (Phi) is 24.7. The zero-order valence-corrected chi connectivity index (χ0v) is 42.9. The van der Waals surface area contributed by atoms with Gasteiger partial charge in [0, 0.05) is 72.4 Å². The van der Waals surface area contributed by atoms with E-state index in [0.29, 0.717) is 25.2 Å². The number of cyclic esters (lactones) is 1.